The molecule has 2 heterocycles. The maximum Gasteiger partial charge on any atom is 0.123 e. The van der Waals surface area contributed by atoms with E-state index in [9.17, 15) is 0 Å². The summed E-state index contributed by atoms with van der Waals surface area (Å²) in [5.41, 5.74) is 5.97. The molecule has 0 amide bonds. The zero-order valence-corrected chi connectivity index (χ0v) is 15.9. The highest BCUT2D eigenvalue weighted by atomic mass is 15.3. The smallest absolute Gasteiger partial charge is 0.123 e. The predicted octanol–water partition coefficient (Wildman–Crippen LogP) is 2.05. The van der Waals surface area contributed by atoms with Crippen LogP contribution in [0.4, 0.5) is 0 Å². The summed E-state index contributed by atoms with van der Waals surface area (Å²) >= 11 is 0. The van der Waals surface area contributed by atoms with Crippen LogP contribution in [0.15, 0.2) is 54.1 Å². The van der Waals surface area contributed by atoms with Crippen LogP contribution in [0.5, 0.6) is 0 Å². The number of hydrogen-bond donors (Lipinski definition) is 5. The number of nitrogens with zero attached hydrogens (tertiary/aromatic N) is 2. The molecule has 7 heteroatoms. The lowest BCUT2D eigenvalue weighted by Crippen LogP contribution is -2.46. The lowest BCUT2D eigenvalue weighted by atomic mass is 10.1. The molecule has 0 saturated carbocycles. The first kappa shape index (κ1) is 18.8. The van der Waals surface area contributed by atoms with Crippen LogP contribution in [0.1, 0.15) is 24.1 Å². The molecular formula is C20H29N7. The fourth-order valence-corrected chi connectivity index (χ4v) is 3.43. The Morgan fingerprint density at radius 3 is 3.07 bits per heavy atom. The van der Waals surface area contributed by atoms with E-state index in [1.54, 1.807) is 0 Å². The number of nitrogens with one attached hydrogen (secondary N) is 4. The van der Waals surface area contributed by atoms with E-state index in [-0.39, 0.29) is 0 Å². The topological polar surface area (TPSA) is 93.5 Å². The van der Waals surface area contributed by atoms with Gasteiger partial charge in [0.1, 0.15) is 12.2 Å². The second kappa shape index (κ2) is 8.64. The van der Waals surface area contributed by atoms with Gasteiger partial charge in [0.05, 0.1) is 12.4 Å². The number of likely N-dealkylation sites (tertiary alicyclic amines) is 1. The van der Waals surface area contributed by atoms with E-state index >= 15 is 0 Å². The van der Waals surface area contributed by atoms with Crippen molar-refractivity contribution >= 4 is 17.2 Å². The molecule has 144 valence electrons. The molecule has 3 rings (SSSR count). The highest BCUT2D eigenvalue weighted by molar-refractivity contribution is 5.81. The van der Waals surface area contributed by atoms with Crippen molar-refractivity contribution in [3.05, 3.63) is 60.3 Å². The minimum Gasteiger partial charge on any atom is -0.368 e. The van der Waals surface area contributed by atoms with Crippen molar-refractivity contribution in [2.45, 2.75) is 32.4 Å². The summed E-state index contributed by atoms with van der Waals surface area (Å²) in [6, 6.07) is 8.91. The Labute approximate surface area is 160 Å². The second-order valence-electron chi connectivity index (χ2n) is 6.99. The molecule has 0 radical (unpaired) electrons. The van der Waals surface area contributed by atoms with Crippen LogP contribution < -0.4 is 21.9 Å². The molecule has 1 aliphatic heterocycles. The molecule has 1 aliphatic rings. The number of hydrazine groups is 1. The Morgan fingerprint density at radius 2 is 2.26 bits per heavy atom. The van der Waals surface area contributed by atoms with Gasteiger partial charge in [-0.15, -0.1) is 0 Å². The molecule has 0 spiro atoms. The molecule has 2 aromatic rings. The first-order valence-corrected chi connectivity index (χ1v) is 9.25. The number of fused-ring (bicyclic) bond motifs is 1. The van der Waals surface area contributed by atoms with Crippen LogP contribution in [0.3, 0.4) is 0 Å². The van der Waals surface area contributed by atoms with Gasteiger partial charge in [-0.05, 0) is 43.4 Å². The largest absolute Gasteiger partial charge is 0.368 e. The van der Waals surface area contributed by atoms with Crippen LogP contribution >= 0.6 is 0 Å². The van der Waals surface area contributed by atoms with Crippen molar-refractivity contribution in [2.24, 2.45) is 10.8 Å². The van der Waals surface area contributed by atoms with Gasteiger partial charge in [0.15, 0.2) is 0 Å². The molecule has 1 atom stereocenters. The summed E-state index contributed by atoms with van der Waals surface area (Å²) in [6.45, 7) is 12.7. The molecule has 1 unspecified atom stereocenters. The Morgan fingerprint density at radius 1 is 1.41 bits per heavy atom. The average molecular weight is 368 g/mol. The van der Waals surface area contributed by atoms with Crippen molar-refractivity contribution in [3.63, 3.8) is 0 Å². The number of aliphatic imine (C=N–C) groups is 1. The van der Waals surface area contributed by atoms with E-state index < -0.39 is 0 Å². The van der Waals surface area contributed by atoms with E-state index in [0.717, 1.165) is 43.0 Å². The SMILES string of the molecule is C=C(NCc1cc2cc(C)ccc2[nH]1)NC1CCCN(C(=C)/N=C/NN)C1. The number of piperidine rings is 1. The molecule has 1 aromatic carbocycles. The average Bonchev–Trinajstić information content (AvgIpc) is 3.06. The van der Waals surface area contributed by atoms with E-state index in [1.165, 1.54) is 17.3 Å². The molecule has 27 heavy (non-hydrogen) atoms. The molecule has 0 bridgehead atoms. The zero-order valence-electron chi connectivity index (χ0n) is 15.9. The third-order valence-corrected chi connectivity index (χ3v) is 4.78. The summed E-state index contributed by atoms with van der Waals surface area (Å²) in [7, 11) is 0. The molecule has 1 fully saturated rings. The first-order chi connectivity index (χ1) is 13.0. The molecule has 1 saturated heterocycles. The number of rotatable bonds is 8. The fraction of sp³-hybridized carbons (Fsp3) is 0.350. The van der Waals surface area contributed by atoms with Crippen LogP contribution in [0.2, 0.25) is 0 Å². The number of H-pyrrole nitrogens is 1. The molecule has 6 N–H and O–H groups in total. The van der Waals surface area contributed by atoms with Gasteiger partial charge < -0.3 is 25.9 Å². The van der Waals surface area contributed by atoms with Gasteiger partial charge in [-0.2, -0.15) is 0 Å². The second-order valence-corrected chi connectivity index (χ2v) is 6.99. The van der Waals surface area contributed by atoms with Crippen LogP contribution in [0, 0.1) is 6.92 Å². The molecule has 7 nitrogen and oxygen atoms in total. The van der Waals surface area contributed by atoms with Gasteiger partial charge in [-0.25, -0.2) is 10.8 Å². The van der Waals surface area contributed by atoms with E-state index in [4.69, 9.17) is 5.84 Å². The quantitative estimate of drug-likeness (QED) is 0.213. The Hall–Kier alpha value is -2.93. The summed E-state index contributed by atoms with van der Waals surface area (Å²) < 4.78 is 0. The third kappa shape index (κ3) is 5.04. The van der Waals surface area contributed by atoms with Gasteiger partial charge in [-0.1, -0.05) is 24.8 Å². The number of benzene rings is 1. The summed E-state index contributed by atoms with van der Waals surface area (Å²) in [5.74, 6) is 6.76. The highest BCUT2D eigenvalue weighted by Gasteiger charge is 2.20. The standard InChI is InChI=1S/C20H29N7/c1-14-6-7-20-17(9-14)10-19(26-20)11-22-15(2)25-18-5-4-8-27(12-18)16(3)23-13-24-21/h6-7,9-10,13,18,22,25-26H,2-5,8,11-12,21H2,1H3,(H,23,24). The van der Waals surface area contributed by atoms with Gasteiger partial charge in [0.25, 0.3) is 0 Å². The van der Waals surface area contributed by atoms with E-state index in [0.29, 0.717) is 18.4 Å². The van der Waals surface area contributed by atoms with Crippen molar-refractivity contribution in [1.29, 1.82) is 0 Å². The molecule has 1 aromatic heterocycles. The van der Waals surface area contributed by atoms with Gasteiger partial charge in [-0.3, -0.25) is 0 Å². The summed E-state index contributed by atoms with van der Waals surface area (Å²) in [5, 5.41) is 8.08. The zero-order chi connectivity index (χ0) is 19.2. The van der Waals surface area contributed by atoms with Crippen molar-refractivity contribution in [1.82, 2.24) is 25.9 Å². The number of aromatic nitrogens is 1. The number of nitrogens with two attached hydrogens (primary N) is 1. The van der Waals surface area contributed by atoms with Crippen LogP contribution in [0.25, 0.3) is 10.9 Å². The lowest BCUT2D eigenvalue weighted by Gasteiger charge is -2.35. The predicted molar refractivity (Wildman–Crippen MR) is 112 cm³/mol. The van der Waals surface area contributed by atoms with E-state index in [1.807, 2.05) is 0 Å². The fourth-order valence-electron chi connectivity index (χ4n) is 3.43. The minimum atomic E-state index is 0.307. The Kier molecular flexibility index (Phi) is 6.03. The summed E-state index contributed by atoms with van der Waals surface area (Å²) in [4.78, 5) is 9.78. The van der Waals surface area contributed by atoms with Gasteiger partial charge >= 0.3 is 0 Å². The number of aromatic amines is 1. The van der Waals surface area contributed by atoms with Crippen molar-refractivity contribution in [3.8, 4) is 0 Å². The molecule has 0 aliphatic carbocycles. The maximum absolute atomic E-state index is 5.22. The highest BCUT2D eigenvalue weighted by Crippen LogP contribution is 2.18. The number of hydrogen-bond acceptors (Lipinski definition) is 5. The normalized spacial score (nSPS) is 17.3. The monoisotopic (exact) mass is 367 g/mol. The minimum absolute atomic E-state index is 0.307. The van der Waals surface area contributed by atoms with Crippen molar-refractivity contribution in [2.75, 3.05) is 13.1 Å². The third-order valence-electron chi connectivity index (χ3n) is 4.78. The van der Waals surface area contributed by atoms with Crippen LogP contribution in [-0.4, -0.2) is 35.4 Å². The van der Waals surface area contributed by atoms with Crippen LogP contribution in [-0.2, 0) is 6.54 Å². The first-order valence-electron chi connectivity index (χ1n) is 9.25. The Bertz CT molecular complexity index is 836. The van der Waals surface area contributed by atoms with Gasteiger partial charge in [0, 0.05) is 30.3 Å². The Balaban J connectivity index is 1.49. The lowest BCUT2D eigenvalue weighted by molar-refractivity contribution is 0.239. The summed E-state index contributed by atoms with van der Waals surface area (Å²) in [6.07, 6.45) is 3.62. The van der Waals surface area contributed by atoms with Crippen molar-refractivity contribution < 1.29 is 0 Å². The van der Waals surface area contributed by atoms with Gasteiger partial charge in [0.2, 0.25) is 0 Å². The maximum atomic E-state index is 5.22. The molecular weight excluding hydrogens is 338 g/mol. The number of aryl methyl sites for hydroxylation is 1. The van der Waals surface area contributed by atoms with E-state index in [2.05, 4.69) is 75.3 Å².